The number of thiazole rings is 1. The van der Waals surface area contributed by atoms with E-state index in [1.807, 2.05) is 32.9 Å². The highest BCUT2D eigenvalue weighted by molar-refractivity contribution is 7.22. The van der Waals surface area contributed by atoms with Gasteiger partial charge in [0.05, 0.1) is 28.4 Å². The lowest BCUT2D eigenvalue weighted by Crippen LogP contribution is -2.29. The summed E-state index contributed by atoms with van der Waals surface area (Å²) in [6.45, 7) is 10.9. The van der Waals surface area contributed by atoms with E-state index in [2.05, 4.69) is 6.58 Å². The Balaban J connectivity index is 1.55. The summed E-state index contributed by atoms with van der Waals surface area (Å²) >= 11 is 1.32. The molecule has 0 radical (unpaired) electrons. The Morgan fingerprint density at radius 2 is 1.86 bits per heavy atom. The highest BCUT2D eigenvalue weighted by Crippen LogP contribution is 2.47. The topological polar surface area (TPSA) is 107 Å². The molecule has 43 heavy (non-hydrogen) atoms. The summed E-state index contributed by atoms with van der Waals surface area (Å²) in [5.74, 6) is -0.0439. The molecule has 4 aromatic rings. The second kappa shape index (κ2) is 11.4. The van der Waals surface area contributed by atoms with Crippen LogP contribution in [0, 0.1) is 13.8 Å². The third-order valence-electron chi connectivity index (χ3n) is 7.22. The normalized spacial score (nSPS) is 17.4. The molecule has 3 aromatic carbocycles. The number of aryl methyl sites for hydroxylation is 2. The summed E-state index contributed by atoms with van der Waals surface area (Å²) in [4.78, 5) is 33.7. The number of ether oxygens (including phenoxy) is 4. The van der Waals surface area contributed by atoms with Crippen molar-refractivity contribution in [3.05, 3.63) is 89.0 Å². The first-order valence-corrected chi connectivity index (χ1v) is 14.7. The Hall–Kier alpha value is -4.83. The van der Waals surface area contributed by atoms with Crippen molar-refractivity contribution in [3.63, 3.8) is 0 Å². The fraction of sp³-hybridized carbons (Fsp3) is 0.242. The van der Waals surface area contributed by atoms with E-state index in [0.717, 1.165) is 21.3 Å². The maximum atomic E-state index is 13.8. The number of hydrogen-bond donors (Lipinski definition) is 1. The van der Waals surface area contributed by atoms with Gasteiger partial charge in [-0.15, -0.1) is 0 Å². The smallest absolute Gasteiger partial charge is 0.301 e. The molecule has 2 aliphatic heterocycles. The van der Waals surface area contributed by atoms with E-state index in [9.17, 15) is 14.7 Å². The number of hydrogen-bond acceptors (Lipinski definition) is 9. The van der Waals surface area contributed by atoms with Gasteiger partial charge in [-0.1, -0.05) is 36.1 Å². The van der Waals surface area contributed by atoms with Crippen molar-refractivity contribution in [3.8, 4) is 23.0 Å². The van der Waals surface area contributed by atoms with Crippen LogP contribution in [0.4, 0.5) is 5.13 Å². The molecule has 9 nitrogen and oxygen atoms in total. The van der Waals surface area contributed by atoms with Crippen molar-refractivity contribution >= 4 is 44.1 Å². The molecule has 0 bridgehead atoms. The molecule has 0 spiro atoms. The summed E-state index contributed by atoms with van der Waals surface area (Å²) in [6, 6.07) is 13.1. The number of ketones is 1. The van der Waals surface area contributed by atoms with Crippen molar-refractivity contribution in [1.29, 1.82) is 0 Å². The quantitative estimate of drug-likeness (QED) is 0.109. The molecule has 1 amide bonds. The van der Waals surface area contributed by atoms with Crippen LogP contribution in [0.1, 0.15) is 35.2 Å². The van der Waals surface area contributed by atoms with E-state index in [4.69, 9.17) is 23.9 Å². The van der Waals surface area contributed by atoms with Gasteiger partial charge in [0, 0.05) is 5.56 Å². The summed E-state index contributed by atoms with van der Waals surface area (Å²) in [5.41, 5.74) is 3.56. The molecule has 0 unspecified atom stereocenters. The molecule has 6 rings (SSSR count). The Kier molecular flexibility index (Phi) is 7.53. The van der Waals surface area contributed by atoms with E-state index in [1.54, 1.807) is 42.5 Å². The molecule has 220 valence electrons. The van der Waals surface area contributed by atoms with Crippen LogP contribution in [0.3, 0.4) is 0 Å². The van der Waals surface area contributed by atoms with Crippen molar-refractivity contribution in [2.75, 3.05) is 31.3 Å². The lowest BCUT2D eigenvalue weighted by atomic mass is 9.95. The minimum Gasteiger partial charge on any atom is -0.507 e. The molecule has 1 aromatic heterocycles. The molecule has 2 aliphatic rings. The summed E-state index contributed by atoms with van der Waals surface area (Å²) < 4.78 is 23.9. The van der Waals surface area contributed by atoms with Crippen molar-refractivity contribution in [2.45, 2.75) is 26.8 Å². The molecule has 1 N–H and O–H groups in total. The van der Waals surface area contributed by atoms with Gasteiger partial charge in [-0.05, 0) is 73.9 Å². The first-order valence-electron chi connectivity index (χ1n) is 13.9. The third-order valence-corrected chi connectivity index (χ3v) is 8.23. The van der Waals surface area contributed by atoms with Crippen molar-refractivity contribution < 1.29 is 33.6 Å². The standard InChI is InChI=1S/C33H30N2O7S/c1-5-11-40-22-9-7-20(16-24(22)39-6-2)29-27(30(36)21-8-10-23-25(17-21)42-13-12-41-23)31(37)32(38)35(29)33-34-28-19(4)14-18(3)15-26(28)43-33/h5,7-10,14-17,29,36H,1,6,11-13H2,2-4H3/b30-27+/t29-/m1/s1. The minimum atomic E-state index is -0.997. The predicted octanol–water partition coefficient (Wildman–Crippen LogP) is 6.27. The molecule has 0 aliphatic carbocycles. The van der Waals surface area contributed by atoms with E-state index in [1.165, 1.54) is 16.2 Å². The fourth-order valence-corrected chi connectivity index (χ4v) is 6.55. The van der Waals surface area contributed by atoms with Crippen molar-refractivity contribution in [1.82, 2.24) is 4.98 Å². The maximum absolute atomic E-state index is 13.8. The number of aliphatic hydroxyl groups is 1. The van der Waals surface area contributed by atoms with E-state index in [-0.39, 0.29) is 17.9 Å². The van der Waals surface area contributed by atoms with Gasteiger partial charge in [-0.25, -0.2) is 4.98 Å². The van der Waals surface area contributed by atoms with Gasteiger partial charge in [0.15, 0.2) is 28.1 Å². The number of aliphatic hydroxyl groups excluding tert-OH is 1. The Morgan fingerprint density at radius 1 is 1.07 bits per heavy atom. The number of carbonyl (C=O) groups is 2. The average Bonchev–Trinajstić information content (AvgIpc) is 3.54. The third kappa shape index (κ3) is 5.08. The first kappa shape index (κ1) is 28.3. The Morgan fingerprint density at radius 3 is 2.63 bits per heavy atom. The largest absolute Gasteiger partial charge is 0.507 e. The summed E-state index contributed by atoms with van der Waals surface area (Å²) in [5, 5.41) is 12.0. The zero-order valence-electron chi connectivity index (χ0n) is 24.0. The number of anilines is 1. The van der Waals surface area contributed by atoms with Gasteiger partial charge in [0.2, 0.25) is 0 Å². The fourth-order valence-electron chi connectivity index (χ4n) is 5.38. The van der Waals surface area contributed by atoms with E-state index in [0.29, 0.717) is 59.1 Å². The van der Waals surface area contributed by atoms with E-state index < -0.39 is 17.7 Å². The number of Topliss-reactive ketones (excluding diaryl/α,β-unsaturated/α-hetero) is 1. The average molecular weight is 599 g/mol. The monoisotopic (exact) mass is 598 g/mol. The van der Waals surface area contributed by atoms with Gasteiger partial charge in [0.1, 0.15) is 25.6 Å². The van der Waals surface area contributed by atoms with Crippen LogP contribution in [-0.2, 0) is 9.59 Å². The molecule has 0 saturated carbocycles. The number of rotatable bonds is 8. The van der Waals surface area contributed by atoms with Gasteiger partial charge in [-0.3, -0.25) is 14.5 Å². The molecule has 3 heterocycles. The molecule has 1 atom stereocenters. The summed E-state index contributed by atoms with van der Waals surface area (Å²) in [7, 11) is 0. The Bertz CT molecular complexity index is 1810. The van der Waals surface area contributed by atoms with Gasteiger partial charge >= 0.3 is 5.91 Å². The molecular formula is C33H30N2O7S. The number of amides is 1. The second-order valence-electron chi connectivity index (χ2n) is 10.2. The zero-order valence-corrected chi connectivity index (χ0v) is 24.8. The predicted molar refractivity (Wildman–Crippen MR) is 165 cm³/mol. The maximum Gasteiger partial charge on any atom is 0.301 e. The molecule has 1 saturated heterocycles. The lowest BCUT2D eigenvalue weighted by Gasteiger charge is -2.24. The van der Waals surface area contributed by atoms with Crippen LogP contribution in [0.15, 0.2) is 66.8 Å². The van der Waals surface area contributed by atoms with Gasteiger partial charge in [-0.2, -0.15) is 0 Å². The van der Waals surface area contributed by atoms with E-state index >= 15 is 0 Å². The van der Waals surface area contributed by atoms with Crippen LogP contribution in [-0.4, -0.2) is 48.2 Å². The molecule has 10 heteroatoms. The second-order valence-corrected chi connectivity index (χ2v) is 11.2. The number of benzene rings is 3. The minimum absolute atomic E-state index is 0.0731. The van der Waals surface area contributed by atoms with Gasteiger partial charge in [0.25, 0.3) is 5.78 Å². The number of fused-ring (bicyclic) bond motifs is 2. The number of aromatic nitrogens is 1. The van der Waals surface area contributed by atoms with Crippen LogP contribution in [0.25, 0.3) is 16.0 Å². The first-order chi connectivity index (χ1) is 20.8. The number of carbonyl (C=O) groups excluding carboxylic acids is 2. The van der Waals surface area contributed by atoms with Crippen LogP contribution in [0.5, 0.6) is 23.0 Å². The Labute approximate surface area is 252 Å². The molecule has 1 fully saturated rings. The SMILES string of the molecule is C=CCOc1ccc([C@@H]2/C(=C(\O)c3ccc4c(c3)OCCO4)C(=O)C(=O)N2c2nc3c(C)cc(C)cc3s2)cc1OCC. The zero-order chi connectivity index (χ0) is 30.2. The highest BCUT2D eigenvalue weighted by atomic mass is 32.1. The summed E-state index contributed by atoms with van der Waals surface area (Å²) in [6.07, 6.45) is 1.63. The van der Waals surface area contributed by atoms with Crippen LogP contribution >= 0.6 is 11.3 Å². The molecular weight excluding hydrogens is 568 g/mol. The van der Waals surface area contributed by atoms with Crippen LogP contribution in [0.2, 0.25) is 0 Å². The highest BCUT2D eigenvalue weighted by Gasteiger charge is 2.48. The van der Waals surface area contributed by atoms with Crippen molar-refractivity contribution in [2.24, 2.45) is 0 Å². The lowest BCUT2D eigenvalue weighted by molar-refractivity contribution is -0.132. The van der Waals surface area contributed by atoms with Gasteiger partial charge < -0.3 is 24.1 Å². The van der Waals surface area contributed by atoms with Crippen LogP contribution < -0.4 is 23.8 Å². The number of nitrogens with zero attached hydrogens (tertiary/aromatic N) is 2.